The molecule has 0 fully saturated rings. The van der Waals surface area contributed by atoms with Gasteiger partial charge in [-0.15, -0.1) is 6.42 Å². The zero-order valence-electron chi connectivity index (χ0n) is 12.4. The first-order valence-corrected chi connectivity index (χ1v) is 6.97. The number of nitrogens with zero attached hydrogens (tertiary/aromatic N) is 2. The maximum atomic E-state index is 5.21. The smallest absolute Gasteiger partial charge is 0.0896 e. The summed E-state index contributed by atoms with van der Waals surface area (Å²) in [6.45, 7) is 4.17. The number of pyridine rings is 2. The van der Waals surface area contributed by atoms with Gasteiger partial charge in [-0.3, -0.25) is 4.98 Å². The summed E-state index contributed by atoms with van der Waals surface area (Å²) in [5, 5.41) is 0. The maximum absolute atomic E-state index is 5.21. The summed E-state index contributed by atoms with van der Waals surface area (Å²) < 4.78 is 0. The van der Waals surface area contributed by atoms with Crippen LogP contribution in [-0.2, 0) is 6.42 Å². The van der Waals surface area contributed by atoms with Gasteiger partial charge in [0.05, 0.1) is 17.1 Å². The van der Waals surface area contributed by atoms with Gasteiger partial charge in [0.2, 0.25) is 0 Å². The first kappa shape index (κ1) is 14.7. The number of hydrogen-bond donors (Lipinski definition) is 0. The van der Waals surface area contributed by atoms with Crippen LogP contribution in [0, 0.1) is 12.3 Å². The van der Waals surface area contributed by atoms with Crippen LogP contribution in [0.4, 0.5) is 0 Å². The van der Waals surface area contributed by atoms with Crippen molar-refractivity contribution in [3.8, 4) is 23.7 Å². The Kier molecular flexibility index (Phi) is 5.06. The van der Waals surface area contributed by atoms with Gasteiger partial charge in [0.1, 0.15) is 0 Å². The number of hydrogen-bond acceptors (Lipinski definition) is 2. The average Bonchev–Trinajstić information content (AvgIpc) is 2.55. The summed E-state index contributed by atoms with van der Waals surface area (Å²) in [6.07, 6.45) is 13.5. The van der Waals surface area contributed by atoms with E-state index in [1.807, 2.05) is 37.3 Å². The minimum absolute atomic E-state index is 0.890. The molecule has 2 nitrogen and oxygen atoms in total. The van der Waals surface area contributed by atoms with Crippen LogP contribution in [0.1, 0.15) is 25.1 Å². The fourth-order valence-electron chi connectivity index (χ4n) is 1.97. The second-order valence-corrected chi connectivity index (χ2v) is 4.69. The molecule has 0 unspecified atom stereocenters. The van der Waals surface area contributed by atoms with Gasteiger partial charge in [0, 0.05) is 6.20 Å². The van der Waals surface area contributed by atoms with Crippen molar-refractivity contribution in [2.24, 2.45) is 0 Å². The van der Waals surface area contributed by atoms with E-state index in [0.29, 0.717) is 0 Å². The molecule has 0 N–H and O–H groups in total. The SMILES string of the molecule is C#C/C=C\C=C(/C)c1cc(CC)cc(-c2ccccn2)n1. The van der Waals surface area contributed by atoms with Gasteiger partial charge in [-0.25, -0.2) is 4.98 Å². The first-order valence-electron chi connectivity index (χ1n) is 6.97. The van der Waals surface area contributed by atoms with E-state index in [2.05, 4.69) is 30.0 Å². The predicted molar refractivity (Wildman–Crippen MR) is 88.5 cm³/mol. The molecule has 0 atom stereocenters. The second-order valence-electron chi connectivity index (χ2n) is 4.69. The van der Waals surface area contributed by atoms with Crippen molar-refractivity contribution in [3.63, 3.8) is 0 Å². The van der Waals surface area contributed by atoms with Gasteiger partial charge < -0.3 is 0 Å². The van der Waals surface area contributed by atoms with Crippen molar-refractivity contribution in [2.45, 2.75) is 20.3 Å². The molecule has 2 heteroatoms. The normalized spacial score (nSPS) is 11.6. The molecule has 2 heterocycles. The molecule has 2 rings (SSSR count). The van der Waals surface area contributed by atoms with E-state index in [1.54, 1.807) is 12.3 Å². The Morgan fingerprint density at radius 1 is 1.29 bits per heavy atom. The Morgan fingerprint density at radius 2 is 2.14 bits per heavy atom. The van der Waals surface area contributed by atoms with Gasteiger partial charge in [-0.2, -0.15) is 0 Å². The second kappa shape index (κ2) is 7.21. The molecule has 0 bridgehead atoms. The van der Waals surface area contributed by atoms with Crippen LogP contribution in [-0.4, -0.2) is 9.97 Å². The summed E-state index contributed by atoms with van der Waals surface area (Å²) >= 11 is 0. The van der Waals surface area contributed by atoms with E-state index in [0.717, 1.165) is 29.1 Å². The quantitative estimate of drug-likeness (QED) is 0.613. The van der Waals surface area contributed by atoms with Crippen LogP contribution in [0.15, 0.2) is 54.8 Å². The highest BCUT2D eigenvalue weighted by atomic mass is 14.8. The third kappa shape index (κ3) is 3.90. The van der Waals surface area contributed by atoms with Gasteiger partial charge in [-0.1, -0.05) is 31.1 Å². The molecule has 0 radical (unpaired) electrons. The van der Waals surface area contributed by atoms with E-state index in [-0.39, 0.29) is 0 Å². The summed E-state index contributed by atoms with van der Waals surface area (Å²) in [7, 11) is 0. The molecule has 0 aliphatic heterocycles. The molecule has 0 spiro atoms. The standard InChI is InChI=1S/C19H18N2/c1-4-6-7-10-15(3)18-13-16(5-2)14-19(21-18)17-11-8-9-12-20-17/h1,6-14H,5H2,2-3H3/b7-6-,15-10+. The maximum Gasteiger partial charge on any atom is 0.0896 e. The molecule has 0 aromatic carbocycles. The van der Waals surface area contributed by atoms with E-state index in [4.69, 9.17) is 11.4 Å². The fourth-order valence-corrected chi connectivity index (χ4v) is 1.97. The van der Waals surface area contributed by atoms with E-state index in [1.165, 1.54) is 5.56 Å². The van der Waals surface area contributed by atoms with Gasteiger partial charge in [0.25, 0.3) is 0 Å². The fraction of sp³-hybridized carbons (Fsp3) is 0.158. The van der Waals surface area contributed by atoms with Gasteiger partial charge in [-0.05, 0) is 54.8 Å². The third-order valence-electron chi connectivity index (χ3n) is 3.16. The lowest BCUT2D eigenvalue weighted by atomic mass is 10.1. The molecule has 0 aliphatic rings. The highest BCUT2D eigenvalue weighted by Crippen LogP contribution is 2.21. The zero-order chi connectivity index (χ0) is 15.1. The van der Waals surface area contributed by atoms with Crippen LogP contribution in [0.2, 0.25) is 0 Å². The number of terminal acetylenes is 1. The molecule has 104 valence electrons. The van der Waals surface area contributed by atoms with Crippen molar-refractivity contribution >= 4 is 5.57 Å². The van der Waals surface area contributed by atoms with Crippen molar-refractivity contribution < 1.29 is 0 Å². The molecule has 0 aliphatic carbocycles. The molecular weight excluding hydrogens is 256 g/mol. The number of allylic oxidation sites excluding steroid dienone is 4. The number of aromatic nitrogens is 2. The number of aryl methyl sites for hydroxylation is 1. The molecular formula is C19H18N2. The van der Waals surface area contributed by atoms with E-state index >= 15 is 0 Å². The van der Waals surface area contributed by atoms with Crippen molar-refractivity contribution in [3.05, 3.63) is 66.0 Å². The van der Waals surface area contributed by atoms with Crippen molar-refractivity contribution in [1.29, 1.82) is 0 Å². The zero-order valence-corrected chi connectivity index (χ0v) is 12.4. The first-order chi connectivity index (χ1) is 10.2. The van der Waals surface area contributed by atoms with Crippen molar-refractivity contribution in [2.75, 3.05) is 0 Å². The monoisotopic (exact) mass is 274 g/mol. The topological polar surface area (TPSA) is 25.8 Å². The van der Waals surface area contributed by atoms with Crippen LogP contribution in [0.3, 0.4) is 0 Å². The summed E-state index contributed by atoms with van der Waals surface area (Å²) in [5.41, 5.74) is 5.07. The largest absolute Gasteiger partial charge is 0.255 e. The summed E-state index contributed by atoms with van der Waals surface area (Å²) in [4.78, 5) is 9.09. The van der Waals surface area contributed by atoms with E-state index < -0.39 is 0 Å². The number of rotatable bonds is 4. The third-order valence-corrected chi connectivity index (χ3v) is 3.16. The average molecular weight is 274 g/mol. The summed E-state index contributed by atoms with van der Waals surface area (Å²) in [6, 6.07) is 10.1. The Morgan fingerprint density at radius 3 is 2.81 bits per heavy atom. The minimum atomic E-state index is 0.890. The summed E-state index contributed by atoms with van der Waals surface area (Å²) in [5.74, 6) is 2.48. The van der Waals surface area contributed by atoms with Gasteiger partial charge in [0.15, 0.2) is 0 Å². The Hall–Kier alpha value is -2.66. The molecule has 0 saturated heterocycles. The van der Waals surface area contributed by atoms with Crippen LogP contribution in [0.5, 0.6) is 0 Å². The molecule has 21 heavy (non-hydrogen) atoms. The minimum Gasteiger partial charge on any atom is -0.255 e. The lowest BCUT2D eigenvalue weighted by Crippen LogP contribution is -1.95. The lowest BCUT2D eigenvalue weighted by molar-refractivity contribution is 1.10. The molecule has 2 aromatic heterocycles. The lowest BCUT2D eigenvalue weighted by Gasteiger charge is -2.08. The van der Waals surface area contributed by atoms with Crippen molar-refractivity contribution in [1.82, 2.24) is 9.97 Å². The Balaban J connectivity index is 2.46. The van der Waals surface area contributed by atoms with Crippen LogP contribution < -0.4 is 0 Å². The highest BCUT2D eigenvalue weighted by molar-refractivity contribution is 5.66. The molecule has 0 saturated carbocycles. The van der Waals surface area contributed by atoms with Crippen LogP contribution in [0.25, 0.3) is 17.0 Å². The highest BCUT2D eigenvalue weighted by Gasteiger charge is 2.06. The Bertz CT molecular complexity index is 704. The van der Waals surface area contributed by atoms with Crippen LogP contribution >= 0.6 is 0 Å². The predicted octanol–water partition coefficient (Wildman–Crippen LogP) is 4.30. The Labute approximate surface area is 126 Å². The molecule has 2 aromatic rings. The van der Waals surface area contributed by atoms with E-state index in [9.17, 15) is 0 Å². The van der Waals surface area contributed by atoms with Gasteiger partial charge >= 0.3 is 0 Å². The molecule has 0 amide bonds.